The van der Waals surface area contributed by atoms with Gasteiger partial charge in [-0.2, -0.15) is 0 Å². The second-order valence-electron chi connectivity index (χ2n) is 8.18. The predicted molar refractivity (Wildman–Crippen MR) is 107 cm³/mol. The fourth-order valence-electron chi connectivity index (χ4n) is 4.30. The molecule has 2 aromatic carbocycles. The van der Waals surface area contributed by atoms with Gasteiger partial charge in [-0.15, -0.1) is 0 Å². The highest BCUT2D eigenvalue weighted by Crippen LogP contribution is 2.50. The van der Waals surface area contributed by atoms with Crippen molar-refractivity contribution in [2.45, 2.75) is 38.9 Å². The number of hydrogen-bond donors (Lipinski definition) is 2. The normalized spacial score (nSPS) is 24.4. The minimum Gasteiger partial charge on any atom is -0.478 e. The topological polar surface area (TPSA) is 69.6 Å². The molecule has 0 bridgehead atoms. The molecule has 1 heterocycles. The number of carboxylic acids is 1. The first-order valence-corrected chi connectivity index (χ1v) is 9.85. The molecular weight excluding hydrogens is 352 g/mol. The monoisotopic (exact) mass is 378 g/mol. The fourth-order valence-corrected chi connectivity index (χ4v) is 4.30. The first-order chi connectivity index (χ1) is 13.4. The van der Waals surface area contributed by atoms with Crippen molar-refractivity contribution in [3.63, 3.8) is 0 Å². The van der Waals surface area contributed by atoms with Gasteiger partial charge in [0.05, 0.1) is 17.6 Å². The second-order valence-corrected chi connectivity index (χ2v) is 8.18. The third-order valence-corrected chi connectivity index (χ3v) is 6.04. The van der Waals surface area contributed by atoms with E-state index in [4.69, 9.17) is 5.11 Å². The van der Waals surface area contributed by atoms with Gasteiger partial charge in [0.2, 0.25) is 5.91 Å². The summed E-state index contributed by atoms with van der Waals surface area (Å²) in [5, 5.41) is 12.2. The first kappa shape index (κ1) is 18.7. The van der Waals surface area contributed by atoms with E-state index in [0.29, 0.717) is 11.8 Å². The standard InChI is InChI=1S/C23H26N2O3/c1-14-3-5-16(6-4-14)12-25-13-19-11-20(19)21(25)22(26)24-15(2)17-7-9-18(10-8-17)23(27)28/h3-10,15,19-21H,11-13H2,1-2H3,(H,24,26)(H,27,28)/t15-,19?,20?,21?/m0/s1. The number of likely N-dealkylation sites (tertiary alicyclic amines) is 1. The Labute approximate surface area is 165 Å². The maximum absolute atomic E-state index is 13.0. The molecule has 0 aromatic heterocycles. The minimum absolute atomic E-state index is 0.0759. The van der Waals surface area contributed by atoms with E-state index in [1.807, 2.05) is 6.92 Å². The van der Waals surface area contributed by atoms with Crippen LogP contribution < -0.4 is 5.32 Å². The van der Waals surface area contributed by atoms with Crippen LogP contribution in [0.4, 0.5) is 0 Å². The summed E-state index contributed by atoms with van der Waals surface area (Å²) in [6, 6.07) is 15.0. The molecule has 2 aliphatic rings. The highest BCUT2D eigenvalue weighted by molar-refractivity contribution is 5.87. The average molecular weight is 378 g/mol. The largest absolute Gasteiger partial charge is 0.478 e. The molecule has 0 radical (unpaired) electrons. The zero-order valence-electron chi connectivity index (χ0n) is 16.3. The fraction of sp³-hybridized carbons (Fsp3) is 0.391. The summed E-state index contributed by atoms with van der Waals surface area (Å²) in [5.41, 5.74) is 3.64. The smallest absolute Gasteiger partial charge is 0.335 e. The van der Waals surface area contributed by atoms with Crippen LogP contribution in [0.3, 0.4) is 0 Å². The Morgan fingerprint density at radius 2 is 1.82 bits per heavy atom. The van der Waals surface area contributed by atoms with Crippen molar-refractivity contribution < 1.29 is 14.7 Å². The zero-order valence-corrected chi connectivity index (χ0v) is 16.3. The van der Waals surface area contributed by atoms with Crippen molar-refractivity contribution >= 4 is 11.9 Å². The third kappa shape index (κ3) is 3.80. The molecular formula is C23H26N2O3. The Morgan fingerprint density at radius 3 is 2.46 bits per heavy atom. The summed E-state index contributed by atoms with van der Waals surface area (Å²) in [6.07, 6.45) is 1.14. The van der Waals surface area contributed by atoms with Crippen LogP contribution in [0.1, 0.15) is 46.4 Å². The van der Waals surface area contributed by atoms with E-state index in [1.54, 1.807) is 24.3 Å². The van der Waals surface area contributed by atoms with E-state index in [0.717, 1.165) is 25.1 Å². The number of piperidine rings is 1. The van der Waals surface area contributed by atoms with Crippen LogP contribution in [0.25, 0.3) is 0 Å². The molecule has 4 rings (SSSR count). The number of aryl methyl sites for hydroxylation is 1. The molecule has 1 aliphatic heterocycles. The van der Waals surface area contributed by atoms with Gasteiger partial charge in [-0.05, 0) is 55.4 Å². The number of carbonyl (C=O) groups is 2. The van der Waals surface area contributed by atoms with Gasteiger partial charge in [-0.1, -0.05) is 42.0 Å². The van der Waals surface area contributed by atoms with Crippen LogP contribution in [0.2, 0.25) is 0 Å². The van der Waals surface area contributed by atoms with Crippen molar-refractivity contribution in [1.29, 1.82) is 0 Å². The number of aromatic carboxylic acids is 1. The number of carboxylic acid groups (broad SMARTS) is 1. The summed E-state index contributed by atoms with van der Waals surface area (Å²) in [4.78, 5) is 26.4. The van der Waals surface area contributed by atoms with E-state index in [1.165, 1.54) is 11.1 Å². The average Bonchev–Trinajstić information content (AvgIpc) is 3.33. The number of nitrogens with one attached hydrogen (secondary N) is 1. The quantitative estimate of drug-likeness (QED) is 0.808. The summed E-state index contributed by atoms with van der Waals surface area (Å²) >= 11 is 0. The maximum Gasteiger partial charge on any atom is 0.335 e. The van der Waals surface area contributed by atoms with Gasteiger partial charge in [-0.3, -0.25) is 9.69 Å². The van der Waals surface area contributed by atoms with Gasteiger partial charge in [0.25, 0.3) is 0 Å². The number of benzene rings is 2. The molecule has 28 heavy (non-hydrogen) atoms. The molecule has 1 saturated heterocycles. The summed E-state index contributed by atoms with van der Waals surface area (Å²) in [5.74, 6) is 0.242. The van der Waals surface area contributed by atoms with E-state index in [9.17, 15) is 9.59 Å². The number of amides is 1. The lowest BCUT2D eigenvalue weighted by Gasteiger charge is -2.28. The molecule has 146 valence electrons. The number of rotatable bonds is 6. The van der Waals surface area contributed by atoms with Crippen molar-refractivity contribution in [3.05, 3.63) is 70.8 Å². The molecule has 2 N–H and O–H groups in total. The molecule has 3 unspecified atom stereocenters. The molecule has 1 amide bonds. The molecule has 4 atom stereocenters. The van der Waals surface area contributed by atoms with Gasteiger partial charge >= 0.3 is 5.97 Å². The minimum atomic E-state index is -0.944. The molecule has 2 fully saturated rings. The van der Waals surface area contributed by atoms with Crippen LogP contribution in [0, 0.1) is 18.8 Å². The van der Waals surface area contributed by atoms with Crippen molar-refractivity contribution in [1.82, 2.24) is 10.2 Å². The number of carbonyl (C=O) groups excluding carboxylic acids is 1. The Morgan fingerprint density at radius 1 is 1.14 bits per heavy atom. The number of nitrogens with zero attached hydrogens (tertiary/aromatic N) is 1. The van der Waals surface area contributed by atoms with Crippen molar-refractivity contribution in [3.8, 4) is 0 Å². The lowest BCUT2D eigenvalue weighted by Crippen LogP contribution is -2.46. The number of fused-ring (bicyclic) bond motifs is 1. The summed E-state index contributed by atoms with van der Waals surface area (Å²) in [6.45, 7) is 5.80. The molecule has 5 heteroatoms. The highest BCUT2D eigenvalue weighted by Gasteiger charge is 2.55. The van der Waals surface area contributed by atoms with E-state index < -0.39 is 5.97 Å². The Kier molecular flexibility index (Phi) is 4.94. The summed E-state index contributed by atoms with van der Waals surface area (Å²) in [7, 11) is 0. The van der Waals surface area contributed by atoms with Gasteiger partial charge in [0.1, 0.15) is 0 Å². The van der Waals surface area contributed by atoms with Gasteiger partial charge in [-0.25, -0.2) is 4.79 Å². The van der Waals surface area contributed by atoms with E-state index in [2.05, 4.69) is 41.4 Å². The highest BCUT2D eigenvalue weighted by atomic mass is 16.4. The van der Waals surface area contributed by atoms with Crippen LogP contribution >= 0.6 is 0 Å². The van der Waals surface area contributed by atoms with Crippen molar-refractivity contribution in [2.24, 2.45) is 11.8 Å². The molecule has 1 saturated carbocycles. The van der Waals surface area contributed by atoms with E-state index in [-0.39, 0.29) is 23.6 Å². The van der Waals surface area contributed by atoms with Crippen molar-refractivity contribution in [2.75, 3.05) is 6.54 Å². The van der Waals surface area contributed by atoms with Gasteiger partial charge in [0, 0.05) is 13.1 Å². The van der Waals surface area contributed by atoms with Crippen LogP contribution in [-0.2, 0) is 11.3 Å². The first-order valence-electron chi connectivity index (χ1n) is 9.85. The third-order valence-electron chi connectivity index (χ3n) is 6.04. The maximum atomic E-state index is 13.0. The van der Waals surface area contributed by atoms with Gasteiger partial charge < -0.3 is 10.4 Å². The van der Waals surface area contributed by atoms with Crippen LogP contribution in [0.5, 0.6) is 0 Å². The Bertz CT molecular complexity index is 876. The predicted octanol–water partition coefficient (Wildman–Crippen LogP) is 3.39. The van der Waals surface area contributed by atoms with Gasteiger partial charge in [0.15, 0.2) is 0 Å². The molecule has 2 aromatic rings. The molecule has 1 aliphatic carbocycles. The van der Waals surface area contributed by atoms with E-state index >= 15 is 0 Å². The SMILES string of the molecule is Cc1ccc(CN2CC3CC3C2C(=O)N[C@@H](C)c2ccc(C(=O)O)cc2)cc1. The number of hydrogen-bond acceptors (Lipinski definition) is 3. The lowest BCUT2D eigenvalue weighted by molar-refractivity contribution is -0.127. The Hall–Kier alpha value is -2.66. The second kappa shape index (κ2) is 7.40. The van der Waals surface area contributed by atoms with Crippen LogP contribution in [0.15, 0.2) is 48.5 Å². The Balaban J connectivity index is 1.42. The zero-order chi connectivity index (χ0) is 19.8. The molecule has 5 nitrogen and oxygen atoms in total. The van der Waals surface area contributed by atoms with Crippen LogP contribution in [-0.4, -0.2) is 34.5 Å². The summed E-state index contributed by atoms with van der Waals surface area (Å²) < 4.78 is 0. The lowest BCUT2D eigenvalue weighted by atomic mass is 10.0. The molecule has 0 spiro atoms.